The van der Waals surface area contributed by atoms with Crippen molar-refractivity contribution in [2.24, 2.45) is 22.7 Å². The fourth-order valence-electron chi connectivity index (χ4n) is 9.61. The summed E-state index contributed by atoms with van der Waals surface area (Å²) in [6, 6.07) is -1.79. The molecule has 0 aliphatic carbocycles. The molecular formula is C42H50N4O16. The first-order valence-electron chi connectivity index (χ1n) is 19.9. The summed E-state index contributed by atoms with van der Waals surface area (Å²) in [4.78, 5) is 104. The molecule has 2 unspecified atom stereocenters. The second kappa shape index (κ2) is 18.5. The van der Waals surface area contributed by atoms with E-state index in [0.29, 0.717) is 5.70 Å². The lowest BCUT2D eigenvalue weighted by Crippen LogP contribution is -2.38. The molecule has 8 bridgehead atoms. The molecule has 62 heavy (non-hydrogen) atoms. The number of aliphatic carboxylic acids is 8. The van der Waals surface area contributed by atoms with Crippen LogP contribution in [0.5, 0.6) is 0 Å². The summed E-state index contributed by atoms with van der Waals surface area (Å²) in [7, 11) is 0. The van der Waals surface area contributed by atoms with Gasteiger partial charge in [0, 0.05) is 88.0 Å². The van der Waals surface area contributed by atoms with Gasteiger partial charge < -0.3 is 61.5 Å². The van der Waals surface area contributed by atoms with Crippen LogP contribution in [0, 0.1) is 22.7 Å². The van der Waals surface area contributed by atoms with Crippen molar-refractivity contribution in [1.29, 1.82) is 0 Å². The minimum Gasteiger partial charge on any atom is -0.481 e. The lowest BCUT2D eigenvalue weighted by molar-refractivity contribution is -0.141. The van der Waals surface area contributed by atoms with Gasteiger partial charge in [0.1, 0.15) is 0 Å². The summed E-state index contributed by atoms with van der Waals surface area (Å²) in [5.41, 5.74) is -1.06. The van der Waals surface area contributed by atoms with Crippen LogP contribution in [0.1, 0.15) is 98.9 Å². The Morgan fingerprint density at radius 2 is 1.11 bits per heavy atom. The highest BCUT2D eigenvalue weighted by Crippen LogP contribution is 2.52. The van der Waals surface area contributed by atoms with Crippen molar-refractivity contribution in [3.63, 3.8) is 0 Å². The van der Waals surface area contributed by atoms with Crippen molar-refractivity contribution in [1.82, 2.24) is 20.6 Å². The molecule has 2 saturated heterocycles. The van der Waals surface area contributed by atoms with Crippen LogP contribution in [-0.4, -0.2) is 111 Å². The fourth-order valence-corrected chi connectivity index (χ4v) is 9.61. The maximum atomic E-state index is 12.6. The number of rotatable bonds is 20. The molecule has 2 aromatic rings. The Morgan fingerprint density at radius 3 is 1.68 bits per heavy atom. The minimum atomic E-state index is -1.41. The zero-order chi connectivity index (χ0) is 45.8. The monoisotopic (exact) mass is 866 g/mol. The fraction of sp³-hybridized carbons (Fsp3) is 0.476. The van der Waals surface area contributed by atoms with Crippen molar-refractivity contribution in [2.75, 3.05) is 0 Å². The predicted octanol–water partition coefficient (Wildman–Crippen LogP) is 1.35. The van der Waals surface area contributed by atoms with Crippen LogP contribution in [0.15, 0.2) is 17.5 Å². The van der Waals surface area contributed by atoms with Gasteiger partial charge in [-0.2, -0.15) is 0 Å². The Morgan fingerprint density at radius 1 is 0.565 bits per heavy atom. The second-order valence-electron chi connectivity index (χ2n) is 16.6. The predicted molar refractivity (Wildman–Crippen MR) is 215 cm³/mol. The summed E-state index contributed by atoms with van der Waals surface area (Å²) >= 11 is 0. The first-order valence-corrected chi connectivity index (χ1v) is 19.9. The third kappa shape index (κ3) is 10.2. The van der Waals surface area contributed by atoms with E-state index in [-0.39, 0.29) is 82.1 Å². The normalized spacial score (nSPS) is 26.6. The van der Waals surface area contributed by atoms with Gasteiger partial charge >= 0.3 is 47.8 Å². The van der Waals surface area contributed by atoms with Crippen molar-refractivity contribution in [3.05, 3.63) is 61.8 Å². The first-order chi connectivity index (χ1) is 29.0. The van der Waals surface area contributed by atoms with Crippen LogP contribution >= 0.6 is 0 Å². The molecule has 0 saturated carbocycles. The van der Waals surface area contributed by atoms with Gasteiger partial charge in [-0.1, -0.05) is 13.8 Å². The van der Waals surface area contributed by atoms with Gasteiger partial charge in [-0.15, -0.1) is 0 Å². The SMILES string of the molecule is C[C@@]1(CC(=O)O)/C2=C/c3[nH]c(c(CCC(=O)O)c3CC(=O)O)/C=c3\[nH]/c(c(CC(=O)O)c3CCC(=O)O)=C\C3NC(/C=C(\N2)[C@H]1CCC(=O)O)[C@@](C)(CC(=O)O)[C@@H]3CCC(=O)O. The Bertz CT molecular complexity index is 2390. The molecule has 0 aromatic carbocycles. The van der Waals surface area contributed by atoms with Crippen LogP contribution in [0.4, 0.5) is 0 Å². The van der Waals surface area contributed by atoms with Gasteiger partial charge in [0.2, 0.25) is 0 Å². The van der Waals surface area contributed by atoms with E-state index < -0.39 is 127 Å². The molecule has 6 atom stereocenters. The Balaban J connectivity index is 1.99. The molecule has 5 heterocycles. The summed E-state index contributed by atoms with van der Waals surface area (Å²) in [5.74, 6) is -11.5. The average Bonchev–Trinajstić information content (AvgIpc) is 3.77. The van der Waals surface area contributed by atoms with E-state index >= 15 is 0 Å². The molecule has 2 aromatic heterocycles. The number of carbonyl (C=O) groups is 8. The van der Waals surface area contributed by atoms with Gasteiger partial charge in [0.15, 0.2) is 0 Å². The highest BCUT2D eigenvalue weighted by molar-refractivity contribution is 5.78. The molecule has 2 fully saturated rings. The zero-order valence-electron chi connectivity index (χ0n) is 33.9. The average molecular weight is 867 g/mol. The maximum absolute atomic E-state index is 12.6. The molecule has 20 heteroatoms. The zero-order valence-corrected chi connectivity index (χ0v) is 33.9. The van der Waals surface area contributed by atoms with E-state index in [0.717, 1.165) is 0 Å². The van der Waals surface area contributed by atoms with E-state index in [4.69, 9.17) is 0 Å². The number of aromatic nitrogens is 2. The highest BCUT2D eigenvalue weighted by atomic mass is 16.4. The van der Waals surface area contributed by atoms with Crippen LogP contribution in [0.2, 0.25) is 0 Å². The third-order valence-electron chi connectivity index (χ3n) is 12.4. The van der Waals surface area contributed by atoms with E-state index in [9.17, 15) is 79.2 Å². The molecule has 0 radical (unpaired) electrons. The van der Waals surface area contributed by atoms with Gasteiger partial charge in [-0.05, 0) is 78.2 Å². The summed E-state index contributed by atoms with van der Waals surface area (Å²) in [6.45, 7) is 3.25. The van der Waals surface area contributed by atoms with Crippen molar-refractivity contribution in [2.45, 2.75) is 103 Å². The highest BCUT2D eigenvalue weighted by Gasteiger charge is 2.53. The number of nitrogens with one attached hydrogen (secondary N) is 4. The lowest BCUT2D eigenvalue weighted by atomic mass is 9.67. The third-order valence-corrected chi connectivity index (χ3v) is 12.4. The van der Waals surface area contributed by atoms with Crippen LogP contribution in [0.25, 0.3) is 18.2 Å². The maximum Gasteiger partial charge on any atom is 0.307 e. The van der Waals surface area contributed by atoms with Crippen LogP contribution < -0.4 is 21.3 Å². The van der Waals surface area contributed by atoms with E-state index in [1.165, 1.54) is 12.2 Å². The van der Waals surface area contributed by atoms with E-state index in [1.54, 1.807) is 26.0 Å². The second-order valence-corrected chi connectivity index (χ2v) is 16.6. The number of carboxylic acids is 8. The van der Waals surface area contributed by atoms with Gasteiger partial charge in [-0.25, -0.2) is 0 Å². The van der Waals surface area contributed by atoms with E-state index in [2.05, 4.69) is 20.6 Å². The Hall–Kier alpha value is -6.70. The summed E-state index contributed by atoms with van der Waals surface area (Å²) < 4.78 is 0. The van der Waals surface area contributed by atoms with Gasteiger partial charge in [0.05, 0.1) is 25.7 Å². The quantitative estimate of drug-likeness (QED) is 0.0893. The standard InChI is InChI=1S/C42H50N4O16/c1-41(17-39(59)60)23(5-9-35(51)52)29-14-27-21(11-37(55)56)19(3-7-33(47)48)25(43-27)13-26-20(4-8-34(49)50)22(12-38(57)58)28(44-26)15-31-42(2,18-40(61)62)24(6-10-36(53)54)30(46-31)16-32(41)45-29/h13-16,23-24,29,32,43-46H,3-12,17-18H2,1-2H3,(H,47,48)(H,49,50)(H,51,52)(H,53,54)(H,55,56)(H,57,58)(H,59,60)(H,61,62)/b25-13-,27-14-,30-16-,31-15-/t23-,24-,29?,32?,41+,42+/m1/s1. The lowest BCUT2D eigenvalue weighted by Gasteiger charge is -2.35. The molecule has 12 N–H and O–H groups in total. The molecule has 0 spiro atoms. The molecular weight excluding hydrogens is 816 g/mol. The molecule has 334 valence electrons. The number of carboxylic acid groups (broad SMARTS) is 8. The number of hydrogen-bond donors (Lipinski definition) is 12. The van der Waals surface area contributed by atoms with Crippen molar-refractivity contribution >= 4 is 66.0 Å². The van der Waals surface area contributed by atoms with Crippen molar-refractivity contribution in [3.8, 4) is 0 Å². The molecule has 5 rings (SSSR count). The van der Waals surface area contributed by atoms with Crippen molar-refractivity contribution < 1.29 is 79.2 Å². The Kier molecular flexibility index (Phi) is 13.8. The van der Waals surface area contributed by atoms with Gasteiger partial charge in [0.25, 0.3) is 0 Å². The van der Waals surface area contributed by atoms with Crippen LogP contribution in [-0.2, 0) is 64.0 Å². The number of aromatic amines is 2. The molecule has 20 nitrogen and oxygen atoms in total. The van der Waals surface area contributed by atoms with Crippen LogP contribution in [0.3, 0.4) is 0 Å². The van der Waals surface area contributed by atoms with E-state index in [1.807, 2.05) is 0 Å². The van der Waals surface area contributed by atoms with Gasteiger partial charge in [-0.3, -0.25) is 38.4 Å². The number of fused-ring (bicyclic) bond motifs is 8. The largest absolute Gasteiger partial charge is 0.481 e. The minimum absolute atomic E-state index is 0.0607. The smallest absolute Gasteiger partial charge is 0.307 e. The summed E-state index contributed by atoms with van der Waals surface area (Å²) in [5, 5.41) is 86.9. The number of allylic oxidation sites excluding steroid dienone is 2. The molecule has 3 aliphatic heterocycles. The Labute approximate surface area is 352 Å². The number of hydrogen-bond acceptors (Lipinski definition) is 10. The number of H-pyrrole nitrogens is 2. The molecule has 3 aliphatic rings. The topological polar surface area (TPSA) is 354 Å². The summed E-state index contributed by atoms with van der Waals surface area (Å²) in [6.07, 6.45) is 1.62. The molecule has 0 amide bonds. The first kappa shape index (κ1) is 46.4.